The van der Waals surface area contributed by atoms with Gasteiger partial charge in [0.15, 0.2) is 0 Å². The summed E-state index contributed by atoms with van der Waals surface area (Å²) in [6.45, 7) is 5.62. The molecule has 1 aromatic carbocycles. The number of alkyl carbamates (subject to hydrolysis) is 1. The summed E-state index contributed by atoms with van der Waals surface area (Å²) in [7, 11) is 1.35. The number of hydrogen-bond acceptors (Lipinski definition) is 4. The number of methoxy groups -OCH3 is 1. The van der Waals surface area contributed by atoms with Crippen LogP contribution >= 0.6 is 0 Å². The molecule has 0 aliphatic carbocycles. The average molecular weight is 317 g/mol. The van der Waals surface area contributed by atoms with Crippen molar-refractivity contribution in [1.29, 1.82) is 0 Å². The Kier molecular flexibility index (Phi) is 8.21. The number of ether oxygens (including phenoxy) is 2. The number of nitrogens with one attached hydrogen (secondary N) is 1. The number of esters is 1. The monoisotopic (exact) mass is 317 g/mol. The number of carbonyl (C=O) groups is 2. The molecule has 0 aliphatic heterocycles. The Hall–Kier alpha value is -2.56. The van der Waals surface area contributed by atoms with E-state index in [0.717, 1.165) is 5.56 Å². The summed E-state index contributed by atoms with van der Waals surface area (Å²) in [5.41, 5.74) is 0.957. The van der Waals surface area contributed by atoms with Crippen molar-refractivity contribution in [3.63, 3.8) is 0 Å². The van der Waals surface area contributed by atoms with E-state index in [9.17, 15) is 9.59 Å². The van der Waals surface area contributed by atoms with E-state index in [1.807, 2.05) is 43.3 Å². The maximum Gasteiger partial charge on any atom is 0.407 e. The summed E-state index contributed by atoms with van der Waals surface area (Å²) in [5.74, 6) is -0.332. The minimum absolute atomic E-state index is 0.0293. The van der Waals surface area contributed by atoms with Crippen LogP contribution in [0.15, 0.2) is 55.1 Å². The fourth-order valence-corrected chi connectivity index (χ4v) is 2.06. The van der Waals surface area contributed by atoms with Gasteiger partial charge in [0.25, 0.3) is 0 Å². The van der Waals surface area contributed by atoms with Crippen LogP contribution in [-0.2, 0) is 14.3 Å². The number of hydrogen-bond donors (Lipinski definition) is 1. The summed E-state index contributed by atoms with van der Waals surface area (Å²) < 4.78 is 9.58. The van der Waals surface area contributed by atoms with Crippen molar-refractivity contribution in [2.45, 2.75) is 19.4 Å². The average Bonchev–Trinajstić information content (AvgIpc) is 2.58. The molecule has 0 aromatic heterocycles. The van der Waals surface area contributed by atoms with Crippen LogP contribution in [-0.4, -0.2) is 25.8 Å². The second-order valence-electron chi connectivity index (χ2n) is 4.99. The van der Waals surface area contributed by atoms with Gasteiger partial charge in [-0.15, -0.1) is 0 Å². The lowest BCUT2D eigenvalue weighted by atomic mass is 9.94. The molecule has 1 N–H and O–H groups in total. The lowest BCUT2D eigenvalue weighted by Crippen LogP contribution is -2.32. The molecule has 1 amide bonds. The molecule has 0 heterocycles. The fourth-order valence-electron chi connectivity index (χ4n) is 2.06. The number of amides is 1. The van der Waals surface area contributed by atoms with Crippen LogP contribution in [0.4, 0.5) is 4.79 Å². The first-order chi connectivity index (χ1) is 11.1. The molecular weight excluding hydrogens is 294 g/mol. The van der Waals surface area contributed by atoms with E-state index >= 15 is 0 Å². The van der Waals surface area contributed by atoms with E-state index in [0.29, 0.717) is 0 Å². The predicted octanol–water partition coefficient (Wildman–Crippen LogP) is 3.40. The third kappa shape index (κ3) is 6.82. The Labute approximate surface area is 137 Å². The van der Waals surface area contributed by atoms with Crippen molar-refractivity contribution in [3.8, 4) is 0 Å². The minimum Gasteiger partial charge on any atom is -0.469 e. The first kappa shape index (κ1) is 18.5. The quantitative estimate of drug-likeness (QED) is 0.589. The number of rotatable bonds is 8. The summed E-state index contributed by atoms with van der Waals surface area (Å²) in [6, 6.07) is 9.33. The molecule has 124 valence electrons. The molecule has 0 saturated carbocycles. The zero-order valence-corrected chi connectivity index (χ0v) is 13.5. The topological polar surface area (TPSA) is 64.6 Å². The highest BCUT2D eigenvalue weighted by atomic mass is 16.5. The SMILES string of the molecule is C=CCOC(=O)N[C@@H](c1ccccc1)[C@@H](C)/C=C/CC(=O)OC. The van der Waals surface area contributed by atoms with Crippen LogP contribution in [0.3, 0.4) is 0 Å². The Morgan fingerprint density at radius 2 is 2.00 bits per heavy atom. The normalized spacial score (nSPS) is 13.1. The largest absolute Gasteiger partial charge is 0.469 e. The van der Waals surface area contributed by atoms with Gasteiger partial charge in [-0.2, -0.15) is 0 Å². The highest BCUT2D eigenvalue weighted by Gasteiger charge is 2.20. The first-order valence-electron chi connectivity index (χ1n) is 7.41. The van der Waals surface area contributed by atoms with Crippen molar-refractivity contribution in [2.75, 3.05) is 13.7 Å². The van der Waals surface area contributed by atoms with Gasteiger partial charge in [0.05, 0.1) is 19.6 Å². The zero-order chi connectivity index (χ0) is 17.1. The lowest BCUT2D eigenvalue weighted by Gasteiger charge is -2.23. The summed E-state index contributed by atoms with van der Waals surface area (Å²) in [4.78, 5) is 23.0. The third-order valence-electron chi connectivity index (χ3n) is 3.24. The standard InChI is InChI=1S/C18H23NO4/c1-4-13-23-18(21)19-17(15-10-6-5-7-11-15)14(2)9-8-12-16(20)22-3/h4-11,14,17H,1,12-13H2,2-3H3,(H,19,21)/b9-8+/t14-,17+/m0/s1. The molecule has 5 nitrogen and oxygen atoms in total. The summed E-state index contributed by atoms with van der Waals surface area (Å²) in [6.07, 6.45) is 4.82. The molecule has 0 saturated heterocycles. The van der Waals surface area contributed by atoms with E-state index in [1.165, 1.54) is 13.2 Å². The van der Waals surface area contributed by atoms with Gasteiger partial charge in [-0.3, -0.25) is 4.79 Å². The molecule has 0 spiro atoms. The van der Waals surface area contributed by atoms with Crippen LogP contribution in [0, 0.1) is 5.92 Å². The number of carbonyl (C=O) groups excluding carboxylic acids is 2. The second-order valence-corrected chi connectivity index (χ2v) is 4.99. The Morgan fingerprint density at radius 3 is 2.61 bits per heavy atom. The fraction of sp³-hybridized carbons (Fsp3) is 0.333. The van der Waals surface area contributed by atoms with Gasteiger partial charge < -0.3 is 14.8 Å². The smallest absolute Gasteiger partial charge is 0.407 e. The van der Waals surface area contributed by atoms with Gasteiger partial charge in [0.2, 0.25) is 0 Å². The summed E-state index contributed by atoms with van der Waals surface area (Å²) >= 11 is 0. The number of benzene rings is 1. The predicted molar refractivity (Wildman–Crippen MR) is 88.8 cm³/mol. The highest BCUT2D eigenvalue weighted by Crippen LogP contribution is 2.23. The van der Waals surface area contributed by atoms with Crippen LogP contribution < -0.4 is 5.32 Å². The Balaban J connectivity index is 2.80. The van der Waals surface area contributed by atoms with Gasteiger partial charge >= 0.3 is 12.1 Å². The van der Waals surface area contributed by atoms with Crippen molar-refractivity contribution >= 4 is 12.1 Å². The molecule has 1 rings (SSSR count). The van der Waals surface area contributed by atoms with Gasteiger partial charge in [0.1, 0.15) is 6.61 Å². The van der Waals surface area contributed by atoms with E-state index in [2.05, 4.69) is 16.6 Å². The van der Waals surface area contributed by atoms with Crippen molar-refractivity contribution < 1.29 is 19.1 Å². The van der Waals surface area contributed by atoms with E-state index in [-0.39, 0.29) is 31.0 Å². The molecule has 1 aromatic rings. The highest BCUT2D eigenvalue weighted by molar-refractivity contribution is 5.71. The van der Waals surface area contributed by atoms with Gasteiger partial charge in [0, 0.05) is 0 Å². The first-order valence-corrected chi connectivity index (χ1v) is 7.41. The summed E-state index contributed by atoms with van der Waals surface area (Å²) in [5, 5.41) is 2.84. The maximum absolute atomic E-state index is 11.8. The van der Waals surface area contributed by atoms with Crippen LogP contribution in [0.25, 0.3) is 0 Å². The molecule has 0 bridgehead atoms. The molecular formula is C18H23NO4. The Bertz CT molecular complexity index is 539. The van der Waals surface area contributed by atoms with Crippen molar-refractivity contribution in [1.82, 2.24) is 5.32 Å². The molecule has 23 heavy (non-hydrogen) atoms. The molecule has 0 unspecified atom stereocenters. The zero-order valence-electron chi connectivity index (χ0n) is 13.5. The molecule has 0 aliphatic rings. The lowest BCUT2D eigenvalue weighted by molar-refractivity contribution is -0.139. The minimum atomic E-state index is -0.507. The molecule has 2 atom stereocenters. The van der Waals surface area contributed by atoms with E-state index < -0.39 is 6.09 Å². The Morgan fingerprint density at radius 1 is 1.30 bits per heavy atom. The van der Waals surface area contributed by atoms with Crippen LogP contribution in [0.1, 0.15) is 24.9 Å². The van der Waals surface area contributed by atoms with Crippen molar-refractivity contribution in [3.05, 3.63) is 60.7 Å². The maximum atomic E-state index is 11.8. The van der Waals surface area contributed by atoms with Gasteiger partial charge in [-0.25, -0.2) is 4.79 Å². The van der Waals surface area contributed by atoms with Crippen LogP contribution in [0.2, 0.25) is 0 Å². The van der Waals surface area contributed by atoms with Gasteiger partial charge in [-0.05, 0) is 11.5 Å². The third-order valence-corrected chi connectivity index (χ3v) is 3.24. The molecule has 0 radical (unpaired) electrons. The second kappa shape index (κ2) is 10.2. The van der Waals surface area contributed by atoms with E-state index in [1.54, 1.807) is 6.08 Å². The van der Waals surface area contributed by atoms with E-state index in [4.69, 9.17) is 4.74 Å². The van der Waals surface area contributed by atoms with Crippen molar-refractivity contribution in [2.24, 2.45) is 5.92 Å². The molecule has 5 heteroatoms. The van der Waals surface area contributed by atoms with Gasteiger partial charge in [-0.1, -0.05) is 62.1 Å². The molecule has 0 fully saturated rings. The van der Waals surface area contributed by atoms with Crippen LogP contribution in [0.5, 0.6) is 0 Å².